The van der Waals surface area contributed by atoms with E-state index in [1.54, 1.807) is 59.0 Å². The van der Waals surface area contributed by atoms with Crippen LogP contribution in [0.25, 0.3) is 0 Å². The minimum Gasteiger partial charge on any atom is -0.497 e. The third kappa shape index (κ3) is 5.47. The second-order valence-electron chi connectivity index (χ2n) is 8.17. The number of fused-ring (bicyclic) bond motifs is 1. The van der Waals surface area contributed by atoms with Gasteiger partial charge in [0, 0.05) is 25.8 Å². The van der Waals surface area contributed by atoms with E-state index in [1.807, 2.05) is 6.92 Å². The maximum Gasteiger partial charge on any atom is 0.254 e. The van der Waals surface area contributed by atoms with E-state index in [0.29, 0.717) is 40.6 Å². The minimum absolute atomic E-state index is 0.0658. The SMILES string of the molecule is CCN(Cc1cnc(S(=O)(=O)Cc2cccc(OC)c2)n1CCOC)C(=O)c1ccc2c(c1)OCO2. The molecular formula is C25H29N3O7S. The predicted octanol–water partition coefficient (Wildman–Crippen LogP) is 2.90. The molecule has 1 aromatic heterocycles. The molecule has 0 fully saturated rings. The molecule has 2 aromatic carbocycles. The van der Waals surface area contributed by atoms with Crippen LogP contribution in [0.3, 0.4) is 0 Å². The number of aromatic nitrogens is 2. The molecule has 192 valence electrons. The molecule has 2 heterocycles. The molecule has 0 saturated heterocycles. The first-order valence-corrected chi connectivity index (χ1v) is 13.1. The molecule has 0 unspecified atom stereocenters. The highest BCUT2D eigenvalue weighted by molar-refractivity contribution is 7.90. The number of imidazole rings is 1. The first-order valence-electron chi connectivity index (χ1n) is 11.4. The fourth-order valence-electron chi connectivity index (χ4n) is 3.97. The van der Waals surface area contributed by atoms with E-state index >= 15 is 0 Å². The first-order chi connectivity index (χ1) is 17.4. The number of sulfone groups is 1. The topological polar surface area (TPSA) is 109 Å². The van der Waals surface area contributed by atoms with Gasteiger partial charge < -0.3 is 28.4 Å². The normalized spacial score (nSPS) is 12.5. The zero-order valence-electron chi connectivity index (χ0n) is 20.5. The average molecular weight is 516 g/mol. The Morgan fingerprint density at radius 2 is 1.94 bits per heavy atom. The lowest BCUT2D eigenvalue weighted by molar-refractivity contribution is 0.0747. The van der Waals surface area contributed by atoms with E-state index in [4.69, 9.17) is 18.9 Å². The molecule has 0 atom stereocenters. The van der Waals surface area contributed by atoms with E-state index in [-0.39, 0.29) is 43.3 Å². The van der Waals surface area contributed by atoms with Crippen LogP contribution in [0.2, 0.25) is 0 Å². The zero-order chi connectivity index (χ0) is 25.7. The number of rotatable bonds is 11. The fraction of sp³-hybridized carbons (Fsp3) is 0.360. The Morgan fingerprint density at radius 3 is 2.69 bits per heavy atom. The largest absolute Gasteiger partial charge is 0.497 e. The molecule has 0 radical (unpaired) electrons. The highest BCUT2D eigenvalue weighted by atomic mass is 32.2. The minimum atomic E-state index is -3.79. The second-order valence-corrected chi connectivity index (χ2v) is 10.1. The van der Waals surface area contributed by atoms with Crippen LogP contribution in [0.1, 0.15) is 28.5 Å². The Morgan fingerprint density at radius 1 is 1.14 bits per heavy atom. The van der Waals surface area contributed by atoms with Crippen LogP contribution in [0.4, 0.5) is 0 Å². The van der Waals surface area contributed by atoms with Gasteiger partial charge in [0.15, 0.2) is 11.5 Å². The van der Waals surface area contributed by atoms with E-state index < -0.39 is 9.84 Å². The van der Waals surface area contributed by atoms with Crippen molar-refractivity contribution in [1.82, 2.24) is 14.5 Å². The van der Waals surface area contributed by atoms with Gasteiger partial charge in [0.25, 0.3) is 5.91 Å². The molecule has 0 bridgehead atoms. The molecule has 36 heavy (non-hydrogen) atoms. The van der Waals surface area contributed by atoms with Gasteiger partial charge in [-0.05, 0) is 42.8 Å². The van der Waals surface area contributed by atoms with Crippen molar-refractivity contribution >= 4 is 15.7 Å². The van der Waals surface area contributed by atoms with Gasteiger partial charge in [0.1, 0.15) is 5.75 Å². The monoisotopic (exact) mass is 515 g/mol. The fourth-order valence-corrected chi connectivity index (χ4v) is 5.47. The summed E-state index contributed by atoms with van der Waals surface area (Å²) < 4.78 is 49.4. The summed E-state index contributed by atoms with van der Waals surface area (Å²) in [6.45, 7) is 3.13. The van der Waals surface area contributed by atoms with Crippen molar-refractivity contribution < 1.29 is 32.2 Å². The maximum absolute atomic E-state index is 13.3. The quantitative estimate of drug-likeness (QED) is 0.384. The summed E-state index contributed by atoms with van der Waals surface area (Å²) in [6, 6.07) is 12.0. The Hall–Kier alpha value is -3.57. The van der Waals surface area contributed by atoms with Crippen LogP contribution in [0.15, 0.2) is 53.8 Å². The Labute approximate surface area is 210 Å². The molecule has 1 aliphatic heterocycles. The second kappa shape index (κ2) is 11.0. The zero-order valence-corrected chi connectivity index (χ0v) is 21.3. The molecule has 0 saturated carbocycles. The highest BCUT2D eigenvalue weighted by Crippen LogP contribution is 2.33. The smallest absolute Gasteiger partial charge is 0.254 e. The third-order valence-electron chi connectivity index (χ3n) is 5.83. The molecule has 0 N–H and O–H groups in total. The number of hydrogen-bond acceptors (Lipinski definition) is 8. The Kier molecular flexibility index (Phi) is 7.80. The lowest BCUT2D eigenvalue weighted by Crippen LogP contribution is -2.31. The van der Waals surface area contributed by atoms with Crippen molar-refractivity contribution in [3.05, 3.63) is 65.5 Å². The van der Waals surface area contributed by atoms with Crippen molar-refractivity contribution in [3.63, 3.8) is 0 Å². The summed E-state index contributed by atoms with van der Waals surface area (Å²) in [7, 11) is -0.720. The van der Waals surface area contributed by atoms with Crippen molar-refractivity contribution in [2.45, 2.75) is 30.9 Å². The molecule has 0 aliphatic carbocycles. The molecule has 11 heteroatoms. The predicted molar refractivity (Wildman–Crippen MR) is 131 cm³/mol. The van der Waals surface area contributed by atoms with Gasteiger partial charge in [0.2, 0.25) is 21.8 Å². The number of ether oxygens (including phenoxy) is 4. The number of carbonyl (C=O) groups is 1. The average Bonchev–Trinajstić information content (AvgIpc) is 3.52. The molecule has 1 amide bonds. The van der Waals surface area contributed by atoms with Crippen LogP contribution >= 0.6 is 0 Å². The van der Waals surface area contributed by atoms with E-state index in [2.05, 4.69) is 4.98 Å². The summed E-state index contributed by atoms with van der Waals surface area (Å²) in [5.41, 5.74) is 1.63. The van der Waals surface area contributed by atoms with E-state index in [9.17, 15) is 13.2 Å². The molecule has 3 aromatic rings. The van der Waals surface area contributed by atoms with E-state index in [1.165, 1.54) is 13.3 Å². The van der Waals surface area contributed by atoms with Gasteiger partial charge in [-0.3, -0.25) is 4.79 Å². The van der Waals surface area contributed by atoms with Crippen LogP contribution in [-0.4, -0.2) is 62.9 Å². The lowest BCUT2D eigenvalue weighted by atomic mass is 10.1. The molecule has 10 nitrogen and oxygen atoms in total. The van der Waals surface area contributed by atoms with Crippen molar-refractivity contribution in [2.24, 2.45) is 0 Å². The van der Waals surface area contributed by atoms with Crippen molar-refractivity contribution in [3.8, 4) is 17.2 Å². The maximum atomic E-state index is 13.3. The van der Waals surface area contributed by atoms with Crippen LogP contribution in [0, 0.1) is 0 Å². The number of methoxy groups -OCH3 is 2. The van der Waals surface area contributed by atoms with Crippen molar-refractivity contribution in [2.75, 3.05) is 34.2 Å². The van der Waals surface area contributed by atoms with Gasteiger partial charge in [0.05, 0.1) is 37.9 Å². The van der Waals surface area contributed by atoms with Crippen LogP contribution < -0.4 is 14.2 Å². The number of carbonyl (C=O) groups excluding carboxylic acids is 1. The summed E-state index contributed by atoms with van der Waals surface area (Å²) in [5, 5.41) is -0.0658. The third-order valence-corrected chi connectivity index (χ3v) is 7.43. The van der Waals surface area contributed by atoms with Gasteiger partial charge in [-0.15, -0.1) is 0 Å². The lowest BCUT2D eigenvalue weighted by Gasteiger charge is -2.22. The molecule has 0 spiro atoms. The summed E-state index contributed by atoms with van der Waals surface area (Å²) in [6.07, 6.45) is 1.50. The number of nitrogens with zero attached hydrogens (tertiary/aromatic N) is 3. The summed E-state index contributed by atoms with van der Waals surface area (Å²) in [5.74, 6) is 1.25. The van der Waals surface area contributed by atoms with Crippen LogP contribution in [0.5, 0.6) is 17.2 Å². The first kappa shape index (κ1) is 25.5. The Balaban J connectivity index is 1.60. The van der Waals surface area contributed by atoms with Crippen LogP contribution in [-0.2, 0) is 33.4 Å². The van der Waals surface area contributed by atoms with Crippen molar-refractivity contribution in [1.29, 1.82) is 0 Å². The highest BCUT2D eigenvalue weighted by Gasteiger charge is 2.26. The Bertz CT molecular complexity index is 1340. The molecule has 4 rings (SSSR count). The summed E-state index contributed by atoms with van der Waals surface area (Å²) >= 11 is 0. The molecule has 1 aliphatic rings. The van der Waals surface area contributed by atoms with Gasteiger partial charge in [-0.1, -0.05) is 12.1 Å². The van der Waals surface area contributed by atoms with Gasteiger partial charge >= 0.3 is 0 Å². The van der Waals surface area contributed by atoms with E-state index in [0.717, 1.165) is 0 Å². The number of hydrogen-bond donors (Lipinski definition) is 0. The number of benzene rings is 2. The van der Waals surface area contributed by atoms with Gasteiger partial charge in [-0.2, -0.15) is 0 Å². The standard InChI is InChI=1S/C25H29N3O7S/c1-4-27(24(29)19-8-9-22-23(13-19)35-17-34-22)15-20-14-26-25(28(20)10-11-32-2)36(30,31)16-18-6-5-7-21(12-18)33-3/h5-9,12-14H,4,10-11,15-17H2,1-3H3. The number of amides is 1. The molecular weight excluding hydrogens is 486 g/mol. The summed E-state index contributed by atoms with van der Waals surface area (Å²) in [4.78, 5) is 19.1. The van der Waals surface area contributed by atoms with Gasteiger partial charge in [-0.25, -0.2) is 13.4 Å².